The zero-order valence-electron chi connectivity index (χ0n) is 14.3. The smallest absolute Gasteiger partial charge is 0.262 e. The maximum atomic E-state index is 12.8. The van der Waals surface area contributed by atoms with E-state index in [0.29, 0.717) is 53.1 Å². The fraction of sp³-hybridized carbons (Fsp3) is 0.471. The van der Waals surface area contributed by atoms with E-state index in [0.717, 1.165) is 13.0 Å². The van der Waals surface area contributed by atoms with Gasteiger partial charge in [-0.3, -0.25) is 14.2 Å². The predicted molar refractivity (Wildman–Crippen MR) is 96.9 cm³/mol. The second-order valence-corrected chi connectivity index (χ2v) is 6.36. The van der Waals surface area contributed by atoms with Crippen LogP contribution in [0.2, 0.25) is 0 Å². The first-order valence-electron chi connectivity index (χ1n) is 8.21. The summed E-state index contributed by atoms with van der Waals surface area (Å²) in [5.41, 5.74) is 0.436. The number of hydrogen-bond donors (Lipinski definition) is 1. The van der Waals surface area contributed by atoms with Crippen LogP contribution in [-0.2, 0) is 11.3 Å². The summed E-state index contributed by atoms with van der Waals surface area (Å²) in [6.07, 6.45) is 2.22. The molecule has 0 atom stereocenters. The zero-order chi connectivity index (χ0) is 18.0. The van der Waals surface area contributed by atoms with Crippen LogP contribution in [0.15, 0.2) is 16.9 Å². The summed E-state index contributed by atoms with van der Waals surface area (Å²) in [4.78, 5) is 29.4. The lowest BCUT2D eigenvalue weighted by Crippen LogP contribution is -2.28. The number of carbonyl (C=O) groups is 1. The third kappa shape index (κ3) is 3.39. The van der Waals surface area contributed by atoms with E-state index in [-0.39, 0.29) is 11.5 Å². The van der Waals surface area contributed by atoms with Gasteiger partial charge in [-0.05, 0) is 31.1 Å². The maximum absolute atomic E-state index is 12.8. The van der Waals surface area contributed by atoms with Crippen LogP contribution in [0, 0.1) is 4.77 Å². The first-order chi connectivity index (χ1) is 12.0. The monoisotopic (exact) mass is 363 g/mol. The number of likely N-dealkylation sites (tertiary alicyclic amines) is 1. The number of ether oxygens (including phenoxy) is 2. The molecule has 0 saturated carbocycles. The quantitative estimate of drug-likeness (QED) is 0.796. The lowest BCUT2D eigenvalue weighted by Gasteiger charge is -2.16. The third-order valence-electron chi connectivity index (χ3n) is 4.47. The van der Waals surface area contributed by atoms with Gasteiger partial charge < -0.3 is 19.4 Å². The molecule has 0 bridgehead atoms. The van der Waals surface area contributed by atoms with Crippen LogP contribution in [0.25, 0.3) is 10.9 Å². The van der Waals surface area contributed by atoms with E-state index in [1.807, 2.05) is 4.90 Å². The molecule has 0 spiro atoms. The minimum Gasteiger partial charge on any atom is -0.493 e. The minimum atomic E-state index is -0.174. The van der Waals surface area contributed by atoms with Gasteiger partial charge in [0.25, 0.3) is 5.56 Å². The van der Waals surface area contributed by atoms with Gasteiger partial charge in [0.05, 0.1) is 25.1 Å². The largest absolute Gasteiger partial charge is 0.493 e. The van der Waals surface area contributed by atoms with Crippen molar-refractivity contribution in [3.05, 3.63) is 27.3 Å². The standard InChI is InChI=1S/C17H21N3O4S/c1-23-13-9-11-12(10-14(13)24-2)18-17(25)20(16(11)22)8-4-7-19-6-3-5-15(19)21/h9-10H,3-8H2,1-2H3,(H,18,25). The predicted octanol–water partition coefficient (Wildman–Crippen LogP) is 2.09. The van der Waals surface area contributed by atoms with Crippen LogP contribution in [0.4, 0.5) is 0 Å². The SMILES string of the molecule is COc1cc2[nH]c(=S)n(CCCN3CCCC3=O)c(=O)c2cc1OC. The van der Waals surface area contributed by atoms with E-state index in [2.05, 4.69) is 4.98 Å². The van der Waals surface area contributed by atoms with Crippen molar-refractivity contribution in [3.63, 3.8) is 0 Å². The van der Waals surface area contributed by atoms with Gasteiger partial charge in [-0.25, -0.2) is 0 Å². The molecule has 0 radical (unpaired) electrons. The average Bonchev–Trinajstić information content (AvgIpc) is 3.01. The summed E-state index contributed by atoms with van der Waals surface area (Å²) in [5, 5.41) is 0.489. The number of nitrogens with one attached hydrogen (secondary N) is 1. The van der Waals surface area contributed by atoms with Gasteiger partial charge in [-0.1, -0.05) is 0 Å². The molecule has 25 heavy (non-hydrogen) atoms. The van der Waals surface area contributed by atoms with Gasteiger partial charge in [-0.15, -0.1) is 0 Å². The molecule has 7 nitrogen and oxygen atoms in total. The molecule has 1 aromatic heterocycles. The molecule has 8 heteroatoms. The van der Waals surface area contributed by atoms with Crippen molar-refractivity contribution >= 4 is 29.0 Å². The van der Waals surface area contributed by atoms with E-state index in [4.69, 9.17) is 21.7 Å². The second kappa shape index (κ2) is 7.26. The fourth-order valence-electron chi connectivity index (χ4n) is 3.14. The van der Waals surface area contributed by atoms with Gasteiger partial charge in [-0.2, -0.15) is 0 Å². The van der Waals surface area contributed by atoms with E-state index in [1.54, 1.807) is 19.2 Å². The lowest BCUT2D eigenvalue weighted by molar-refractivity contribution is -0.127. The molecule has 1 fully saturated rings. The Morgan fingerprint density at radius 1 is 1.16 bits per heavy atom. The van der Waals surface area contributed by atoms with Crippen molar-refractivity contribution in [2.45, 2.75) is 25.8 Å². The molecular weight excluding hydrogens is 342 g/mol. The molecule has 0 unspecified atom stereocenters. The summed E-state index contributed by atoms with van der Waals surface area (Å²) in [7, 11) is 3.07. The number of rotatable bonds is 6. The van der Waals surface area contributed by atoms with Crippen molar-refractivity contribution in [2.24, 2.45) is 0 Å². The summed E-state index contributed by atoms with van der Waals surface area (Å²) < 4.78 is 12.4. The van der Waals surface area contributed by atoms with Crippen molar-refractivity contribution in [3.8, 4) is 11.5 Å². The first-order valence-corrected chi connectivity index (χ1v) is 8.62. The Hall–Kier alpha value is -2.35. The lowest BCUT2D eigenvalue weighted by atomic mass is 10.2. The molecular formula is C17H21N3O4S. The number of carbonyl (C=O) groups excluding carboxylic acids is 1. The van der Waals surface area contributed by atoms with Crippen LogP contribution in [0.1, 0.15) is 19.3 Å². The molecule has 2 aromatic rings. The highest BCUT2D eigenvalue weighted by Gasteiger charge is 2.19. The Morgan fingerprint density at radius 3 is 2.52 bits per heavy atom. The number of methoxy groups -OCH3 is 2. The highest BCUT2D eigenvalue weighted by molar-refractivity contribution is 7.71. The van der Waals surface area contributed by atoms with E-state index < -0.39 is 0 Å². The molecule has 1 aliphatic rings. The molecule has 1 amide bonds. The fourth-order valence-corrected chi connectivity index (χ4v) is 3.43. The van der Waals surface area contributed by atoms with Gasteiger partial charge in [0, 0.05) is 32.1 Å². The minimum absolute atomic E-state index is 0.174. The molecule has 1 aliphatic heterocycles. The van der Waals surface area contributed by atoms with E-state index in [9.17, 15) is 9.59 Å². The number of fused-ring (bicyclic) bond motifs is 1. The number of H-pyrrole nitrogens is 1. The number of aromatic amines is 1. The normalized spacial score (nSPS) is 14.3. The topological polar surface area (TPSA) is 76.6 Å². The third-order valence-corrected chi connectivity index (χ3v) is 4.79. The first kappa shape index (κ1) is 17.5. The summed E-state index contributed by atoms with van der Waals surface area (Å²) in [6, 6.07) is 3.36. The Labute approximate surface area is 150 Å². The number of nitrogens with zero attached hydrogens (tertiary/aromatic N) is 2. The van der Waals surface area contributed by atoms with Gasteiger partial charge in [0.1, 0.15) is 0 Å². The Morgan fingerprint density at radius 2 is 1.88 bits per heavy atom. The van der Waals surface area contributed by atoms with Crippen molar-refractivity contribution in [2.75, 3.05) is 27.3 Å². The number of amides is 1. The van der Waals surface area contributed by atoms with E-state index >= 15 is 0 Å². The Bertz CT molecular complexity index is 918. The summed E-state index contributed by atoms with van der Waals surface area (Å²) in [6.45, 7) is 1.90. The summed E-state index contributed by atoms with van der Waals surface area (Å²) >= 11 is 5.33. The molecule has 134 valence electrons. The average molecular weight is 363 g/mol. The van der Waals surface area contributed by atoms with Crippen LogP contribution in [-0.4, -0.2) is 47.7 Å². The van der Waals surface area contributed by atoms with Crippen LogP contribution in [0.5, 0.6) is 11.5 Å². The maximum Gasteiger partial charge on any atom is 0.262 e. The molecule has 1 saturated heterocycles. The Kier molecular flexibility index (Phi) is 5.08. The number of aromatic nitrogens is 2. The highest BCUT2D eigenvalue weighted by Crippen LogP contribution is 2.29. The van der Waals surface area contributed by atoms with Crippen LogP contribution < -0.4 is 15.0 Å². The molecule has 1 N–H and O–H groups in total. The van der Waals surface area contributed by atoms with Gasteiger partial charge >= 0.3 is 0 Å². The van der Waals surface area contributed by atoms with Crippen LogP contribution >= 0.6 is 12.2 Å². The van der Waals surface area contributed by atoms with Gasteiger partial charge in [0.2, 0.25) is 5.91 Å². The molecule has 0 aliphatic carbocycles. The van der Waals surface area contributed by atoms with Crippen molar-refractivity contribution in [1.82, 2.24) is 14.5 Å². The Balaban J connectivity index is 1.89. The molecule has 3 rings (SSSR count). The molecule has 2 heterocycles. The van der Waals surface area contributed by atoms with Gasteiger partial charge in [0.15, 0.2) is 16.3 Å². The highest BCUT2D eigenvalue weighted by atomic mass is 32.1. The molecule has 1 aromatic carbocycles. The summed E-state index contributed by atoms with van der Waals surface area (Å²) in [5.74, 6) is 1.21. The number of hydrogen-bond acceptors (Lipinski definition) is 5. The van der Waals surface area contributed by atoms with Crippen molar-refractivity contribution in [1.29, 1.82) is 0 Å². The number of benzene rings is 1. The van der Waals surface area contributed by atoms with Crippen LogP contribution in [0.3, 0.4) is 0 Å². The second-order valence-electron chi connectivity index (χ2n) is 5.98. The van der Waals surface area contributed by atoms with E-state index in [1.165, 1.54) is 11.7 Å². The van der Waals surface area contributed by atoms with Crippen molar-refractivity contribution < 1.29 is 14.3 Å². The zero-order valence-corrected chi connectivity index (χ0v) is 15.1.